The first-order chi connectivity index (χ1) is 7.64. The van der Waals surface area contributed by atoms with E-state index in [0.29, 0.717) is 12.1 Å². The maximum atomic E-state index is 12.9. The lowest BCUT2D eigenvalue weighted by Gasteiger charge is -2.17. The second-order valence-corrected chi connectivity index (χ2v) is 3.22. The first kappa shape index (κ1) is 16.5. The van der Waals surface area contributed by atoms with Gasteiger partial charge in [0.2, 0.25) is 0 Å². The molecule has 0 saturated heterocycles. The topological polar surface area (TPSA) is 83.6 Å². The van der Waals surface area contributed by atoms with Crippen LogP contribution >= 0.6 is 12.4 Å². The van der Waals surface area contributed by atoms with E-state index >= 15 is 0 Å². The van der Waals surface area contributed by atoms with Crippen LogP contribution in [0, 0.1) is 5.82 Å². The lowest BCUT2D eigenvalue weighted by atomic mass is 10.0. The molecule has 0 heterocycles. The van der Waals surface area contributed by atoms with E-state index in [1.165, 1.54) is 0 Å². The van der Waals surface area contributed by atoms with E-state index in [4.69, 9.17) is 10.8 Å². The molecule has 0 amide bonds. The zero-order chi connectivity index (χ0) is 13.4. The van der Waals surface area contributed by atoms with Crippen LogP contribution in [0.5, 0.6) is 5.75 Å². The van der Waals surface area contributed by atoms with Crippen molar-refractivity contribution in [1.82, 2.24) is 0 Å². The van der Waals surface area contributed by atoms with Gasteiger partial charge in [-0.1, -0.05) is 0 Å². The molecule has 0 aliphatic rings. The van der Waals surface area contributed by atoms with E-state index in [-0.39, 0.29) is 12.4 Å². The molecule has 0 bridgehead atoms. The number of benzene rings is 1. The van der Waals surface area contributed by atoms with Crippen molar-refractivity contribution >= 4 is 18.4 Å². The minimum absolute atomic E-state index is 0. The highest BCUT2D eigenvalue weighted by molar-refractivity contribution is 5.91. The van der Waals surface area contributed by atoms with Gasteiger partial charge in [0.15, 0.2) is 0 Å². The van der Waals surface area contributed by atoms with Gasteiger partial charge in [0.25, 0.3) is 0 Å². The van der Waals surface area contributed by atoms with E-state index in [0.717, 1.165) is 0 Å². The molecule has 0 fully saturated rings. The van der Waals surface area contributed by atoms with Gasteiger partial charge in [-0.25, -0.2) is 9.18 Å². The summed E-state index contributed by atoms with van der Waals surface area (Å²) >= 11 is 0. The van der Waals surface area contributed by atoms with E-state index in [1.807, 2.05) is 0 Å². The van der Waals surface area contributed by atoms with Crippen LogP contribution in [0.15, 0.2) is 12.1 Å². The summed E-state index contributed by atoms with van der Waals surface area (Å²) in [5.74, 6) is -4.17. The molecule has 1 aromatic rings. The minimum atomic E-state index is -4.92. The molecular formula is C9H8ClF4NO3. The Morgan fingerprint density at radius 3 is 2.22 bits per heavy atom. The number of phenols is 1. The summed E-state index contributed by atoms with van der Waals surface area (Å²) in [7, 11) is 0. The van der Waals surface area contributed by atoms with Gasteiger partial charge < -0.3 is 15.9 Å². The number of alkyl halides is 3. The normalized spacial score (nSPS) is 12.7. The third kappa shape index (κ3) is 3.23. The molecule has 0 spiro atoms. The molecular weight excluding hydrogens is 282 g/mol. The molecule has 4 nitrogen and oxygen atoms in total. The molecule has 1 atom stereocenters. The van der Waals surface area contributed by atoms with Crippen molar-refractivity contribution in [3.8, 4) is 5.75 Å². The highest BCUT2D eigenvalue weighted by Crippen LogP contribution is 2.37. The SMILES string of the molecule is Cl.N[C@H](c1cc(F)cc(C(=O)O)c1O)C(F)(F)F. The van der Waals surface area contributed by atoms with Crippen LogP contribution in [-0.2, 0) is 0 Å². The van der Waals surface area contributed by atoms with Gasteiger partial charge in [0.05, 0.1) is 0 Å². The number of aromatic carboxylic acids is 1. The van der Waals surface area contributed by atoms with Crippen molar-refractivity contribution in [1.29, 1.82) is 0 Å². The van der Waals surface area contributed by atoms with Crippen molar-refractivity contribution in [3.05, 3.63) is 29.1 Å². The third-order valence-corrected chi connectivity index (χ3v) is 2.02. The Balaban J connectivity index is 0.00000289. The summed E-state index contributed by atoms with van der Waals surface area (Å²) in [4.78, 5) is 10.5. The fourth-order valence-electron chi connectivity index (χ4n) is 1.20. The Labute approximate surface area is 104 Å². The van der Waals surface area contributed by atoms with Gasteiger partial charge in [0, 0.05) is 5.56 Å². The predicted octanol–water partition coefficient (Wildman–Crippen LogP) is 2.21. The van der Waals surface area contributed by atoms with Crippen LogP contribution in [0.4, 0.5) is 17.6 Å². The number of hydrogen-bond donors (Lipinski definition) is 3. The first-order valence-corrected chi connectivity index (χ1v) is 4.22. The van der Waals surface area contributed by atoms with Crippen LogP contribution in [-0.4, -0.2) is 22.4 Å². The molecule has 0 saturated carbocycles. The number of hydrogen-bond acceptors (Lipinski definition) is 3. The number of aromatic hydroxyl groups is 1. The van der Waals surface area contributed by atoms with Crippen molar-refractivity contribution < 1.29 is 32.6 Å². The van der Waals surface area contributed by atoms with Crippen LogP contribution in [0.25, 0.3) is 0 Å². The summed E-state index contributed by atoms with van der Waals surface area (Å²) in [6.45, 7) is 0. The van der Waals surface area contributed by atoms with E-state index in [1.54, 1.807) is 0 Å². The fourth-order valence-corrected chi connectivity index (χ4v) is 1.20. The van der Waals surface area contributed by atoms with Crippen LogP contribution < -0.4 is 5.73 Å². The number of rotatable bonds is 2. The zero-order valence-electron chi connectivity index (χ0n) is 8.53. The Bertz CT molecular complexity index is 464. The summed E-state index contributed by atoms with van der Waals surface area (Å²) in [5, 5.41) is 17.8. The maximum absolute atomic E-state index is 12.9. The fraction of sp³-hybridized carbons (Fsp3) is 0.222. The summed E-state index contributed by atoms with van der Waals surface area (Å²) in [6.07, 6.45) is -4.92. The third-order valence-electron chi connectivity index (χ3n) is 2.02. The van der Waals surface area contributed by atoms with Crippen molar-refractivity contribution in [3.63, 3.8) is 0 Å². The molecule has 1 aromatic carbocycles. The molecule has 18 heavy (non-hydrogen) atoms. The molecule has 102 valence electrons. The number of nitrogens with two attached hydrogens (primary N) is 1. The molecule has 9 heteroatoms. The monoisotopic (exact) mass is 289 g/mol. The molecule has 4 N–H and O–H groups in total. The van der Waals surface area contributed by atoms with Crippen molar-refractivity contribution in [2.24, 2.45) is 5.73 Å². The number of halogens is 5. The number of carboxylic acids is 1. The van der Waals surface area contributed by atoms with E-state index in [9.17, 15) is 27.5 Å². The molecule has 0 aliphatic carbocycles. The van der Waals surface area contributed by atoms with Gasteiger partial charge in [0.1, 0.15) is 23.2 Å². The Morgan fingerprint density at radius 1 is 1.33 bits per heavy atom. The average Bonchev–Trinajstić information content (AvgIpc) is 2.18. The van der Waals surface area contributed by atoms with Crippen molar-refractivity contribution in [2.45, 2.75) is 12.2 Å². The highest BCUT2D eigenvalue weighted by Gasteiger charge is 2.40. The molecule has 0 radical (unpaired) electrons. The van der Waals surface area contributed by atoms with Crippen LogP contribution in [0.2, 0.25) is 0 Å². The molecule has 0 aromatic heterocycles. The molecule has 0 unspecified atom stereocenters. The van der Waals surface area contributed by atoms with Gasteiger partial charge in [-0.2, -0.15) is 13.2 Å². The Hall–Kier alpha value is -1.54. The number of carbonyl (C=O) groups is 1. The minimum Gasteiger partial charge on any atom is -0.507 e. The quantitative estimate of drug-likeness (QED) is 0.729. The largest absolute Gasteiger partial charge is 0.507 e. The summed E-state index contributed by atoms with van der Waals surface area (Å²) < 4.78 is 49.7. The van der Waals surface area contributed by atoms with E-state index < -0.39 is 40.9 Å². The first-order valence-electron chi connectivity index (χ1n) is 4.22. The second-order valence-electron chi connectivity index (χ2n) is 3.22. The lowest BCUT2D eigenvalue weighted by Crippen LogP contribution is -2.29. The highest BCUT2D eigenvalue weighted by atomic mass is 35.5. The lowest BCUT2D eigenvalue weighted by molar-refractivity contribution is -0.149. The van der Waals surface area contributed by atoms with Crippen molar-refractivity contribution in [2.75, 3.05) is 0 Å². The van der Waals surface area contributed by atoms with Crippen LogP contribution in [0.3, 0.4) is 0 Å². The molecule has 1 rings (SSSR count). The van der Waals surface area contributed by atoms with Gasteiger partial charge in [-0.05, 0) is 12.1 Å². The van der Waals surface area contributed by atoms with Crippen LogP contribution in [0.1, 0.15) is 22.0 Å². The average molecular weight is 290 g/mol. The zero-order valence-corrected chi connectivity index (χ0v) is 9.35. The molecule has 0 aliphatic heterocycles. The maximum Gasteiger partial charge on any atom is 0.407 e. The second kappa shape index (κ2) is 5.40. The van der Waals surface area contributed by atoms with Gasteiger partial charge in [-0.3, -0.25) is 0 Å². The van der Waals surface area contributed by atoms with Gasteiger partial charge in [-0.15, -0.1) is 12.4 Å². The van der Waals surface area contributed by atoms with E-state index in [2.05, 4.69) is 0 Å². The standard InChI is InChI=1S/C9H7F4NO3.ClH/c10-3-1-4(7(14)9(11,12)13)6(15)5(2-3)8(16)17;/h1-2,7,15H,14H2,(H,16,17);1H/t7-;/m1./s1. The Morgan fingerprint density at radius 2 is 1.83 bits per heavy atom. The van der Waals surface area contributed by atoms with Gasteiger partial charge >= 0.3 is 12.1 Å². The smallest absolute Gasteiger partial charge is 0.407 e. The summed E-state index contributed by atoms with van der Waals surface area (Å²) in [6, 6.07) is -1.90. The summed E-state index contributed by atoms with van der Waals surface area (Å²) in [5.41, 5.74) is 2.78. The predicted molar refractivity (Wildman–Crippen MR) is 55.3 cm³/mol. The Kier molecular flexibility index (Phi) is 4.94. The number of carboxylic acid groups (broad SMARTS) is 1.